The monoisotopic (exact) mass is 1280 g/mol. The summed E-state index contributed by atoms with van der Waals surface area (Å²) in [5, 5.41) is 8.26. The minimum Gasteiger partial charge on any atom is -1.00 e. The number of alkyl halides is 1. The van der Waals surface area contributed by atoms with E-state index in [9.17, 15) is 41.4 Å². The number of nitrogens with one attached hydrogen (secondary N) is 1. The van der Waals surface area contributed by atoms with Crippen molar-refractivity contribution in [2.24, 2.45) is 0 Å². The Kier molecular flexibility index (Phi) is 83.7. The molecule has 0 amide bonds. The van der Waals surface area contributed by atoms with Crippen LogP contribution in [0, 0.1) is 47.9 Å². The second kappa shape index (κ2) is 60.7. The number of terminal acetylenes is 2. The van der Waals surface area contributed by atoms with Crippen molar-refractivity contribution < 1.29 is 133 Å². The molecule has 70 heavy (non-hydrogen) atoms. The maximum absolute atomic E-state index is 11.4. The quantitative estimate of drug-likeness (QED) is 0.0192. The van der Waals surface area contributed by atoms with Crippen molar-refractivity contribution in [2.75, 3.05) is 182 Å². The Labute approximate surface area is 493 Å². The van der Waals surface area contributed by atoms with E-state index in [4.69, 9.17) is 32.3 Å². The minimum absolute atomic E-state index is 0. The molecule has 0 aromatic heterocycles. The molecule has 0 aliphatic heterocycles. The summed E-state index contributed by atoms with van der Waals surface area (Å²) in [5.74, 6) is 8.61. The molecular formula is C39H89Br2F2KN9O11P2S4+. The first-order valence-corrected chi connectivity index (χ1v) is 29.7. The standard InChI is InChI=1S/2C10H25N2O.C6H16N2.C6H2.C4H9BrO.C2H3N.CH4.BrH.FH3NO4PS2.FH2NO4PS2.K/c2*1-6-13-10-9-12(4,5)8-7-11(2)3;1-7(2)5-6-8(3)4;1-3-5-6-4-2;1-2-6-4-3-5;1-2-3;;;2*1-8(3,4)2-9(5,6)7;/h2*6-10H2,1-5H3;5-6H2,1-4H3;1-2H;2-4H2,1H3;1H3;1H4;1H;2H,7H2;7H2;/q2*+1;;;;;;;;-1;+1/p-1. The molecular weight excluding hydrogens is 1200 g/mol. The molecule has 0 aromatic carbocycles. The number of hydrogen-bond acceptors (Lipinski definition) is 16. The summed E-state index contributed by atoms with van der Waals surface area (Å²) in [6, 6.07) is 1.75. The molecule has 1 N–H and O–H groups in total. The molecule has 20 nitrogen and oxygen atoms in total. The number of quaternary nitrogens is 2. The van der Waals surface area contributed by atoms with Gasteiger partial charge in [-0.3, -0.25) is 0 Å². The zero-order valence-corrected chi connectivity index (χ0v) is 56.0. The Morgan fingerprint density at radius 3 is 1.04 bits per heavy atom. The van der Waals surface area contributed by atoms with Crippen molar-refractivity contribution in [3.63, 3.8) is 0 Å². The van der Waals surface area contributed by atoms with Crippen LogP contribution in [0.4, 0.5) is 7.77 Å². The molecule has 0 radical (unpaired) electrons. The van der Waals surface area contributed by atoms with E-state index in [-0.39, 0.29) is 75.8 Å². The average Bonchev–Trinajstić information content (AvgIpc) is 3.13. The molecule has 418 valence electrons. The number of nitriles is 1. The van der Waals surface area contributed by atoms with Crippen LogP contribution in [0.1, 0.15) is 35.1 Å². The molecule has 0 heterocycles. The van der Waals surface area contributed by atoms with E-state index >= 15 is 0 Å². The van der Waals surface area contributed by atoms with E-state index < -0.39 is 40.1 Å². The van der Waals surface area contributed by atoms with Crippen molar-refractivity contribution in [1.29, 1.82) is 5.26 Å². The molecule has 31 heteroatoms. The maximum atomic E-state index is 11.4. The summed E-state index contributed by atoms with van der Waals surface area (Å²) in [4.78, 5) is 8.81. The molecule has 0 saturated carbocycles. The van der Waals surface area contributed by atoms with E-state index in [0.29, 0.717) is 4.13 Å². The average molecular weight is 1290 g/mol. The molecule has 2 unspecified atom stereocenters. The number of ether oxygens (including phenoxy) is 3. The Hall–Kier alpha value is 0.846. The van der Waals surface area contributed by atoms with Crippen LogP contribution in [0.3, 0.4) is 0 Å². The SMILES string of the molecule is C.C#CC#CC#C.CC#N.CCOCCBr.CCOCC[N+](C)(C)CCN(C)C.CCOCC[N+](C)(C)CCN(C)C.CN(C)CCN(C)C.O=S(=O)(F)NS(=O)(=O)P.O=S(=O)(F)[N-]S(=O)(=O)P.[Br-].[K+]. The van der Waals surface area contributed by atoms with E-state index in [1.165, 1.54) is 20.0 Å². The molecule has 0 aliphatic carbocycles. The first-order valence-electron chi connectivity index (χ1n) is 20.0. The van der Waals surface area contributed by atoms with Gasteiger partial charge >= 0.3 is 61.8 Å². The largest absolute Gasteiger partial charge is 1.00 e. The van der Waals surface area contributed by atoms with Crippen molar-refractivity contribution in [3.05, 3.63) is 4.13 Å². The van der Waals surface area contributed by atoms with E-state index in [0.717, 1.165) is 110 Å². The van der Waals surface area contributed by atoms with Gasteiger partial charge in [0.15, 0.2) is 0 Å². The van der Waals surface area contributed by atoms with Crippen LogP contribution < -0.4 is 72.5 Å². The molecule has 0 bridgehead atoms. The summed E-state index contributed by atoms with van der Waals surface area (Å²) in [6.07, 6.45) is 9.39. The topological polar surface area (TPSA) is 227 Å². The zero-order valence-electron chi connectivity index (χ0n) is 44.1. The van der Waals surface area contributed by atoms with E-state index in [1.54, 1.807) is 10.2 Å². The summed E-state index contributed by atoms with van der Waals surface area (Å²) in [7, 11) is 9.31. The van der Waals surface area contributed by atoms with Crippen molar-refractivity contribution in [2.45, 2.75) is 35.1 Å². The smallest absolute Gasteiger partial charge is 1.00 e. The van der Waals surface area contributed by atoms with Gasteiger partial charge in [0.05, 0.1) is 76.8 Å². The Bertz CT molecular complexity index is 1640. The number of hydrogen-bond donors (Lipinski definition) is 1. The summed E-state index contributed by atoms with van der Waals surface area (Å²) >= 11 is 3.23. The maximum Gasteiger partial charge on any atom is 1.00 e. The summed E-state index contributed by atoms with van der Waals surface area (Å²) < 4.78 is 120. The normalized spacial score (nSPS) is 10.5. The van der Waals surface area contributed by atoms with Gasteiger partial charge in [-0.05, 0) is 109 Å². The van der Waals surface area contributed by atoms with Gasteiger partial charge in [0.1, 0.15) is 13.1 Å². The first kappa shape index (κ1) is 96.5. The van der Waals surface area contributed by atoms with Crippen molar-refractivity contribution >= 4 is 72.9 Å². The molecule has 0 saturated heterocycles. The second-order valence-corrected chi connectivity index (χ2v) is 24.6. The van der Waals surface area contributed by atoms with Gasteiger partial charge in [0.2, 0.25) is 20.1 Å². The van der Waals surface area contributed by atoms with Gasteiger partial charge in [-0.25, -0.2) is 25.3 Å². The van der Waals surface area contributed by atoms with Gasteiger partial charge in [0.25, 0.3) is 0 Å². The van der Waals surface area contributed by atoms with Gasteiger partial charge in [-0.15, -0.1) is 16.7 Å². The third-order valence-corrected chi connectivity index (χ3v) is 11.7. The van der Waals surface area contributed by atoms with Gasteiger partial charge in [0, 0.05) is 66.7 Å². The van der Waals surface area contributed by atoms with Crippen molar-refractivity contribution in [1.82, 2.24) is 23.7 Å². The van der Waals surface area contributed by atoms with E-state index in [2.05, 4.69) is 144 Å². The fraction of sp³-hybridized carbons (Fsp3) is 0.821. The minimum atomic E-state index is -5.27. The third-order valence-electron chi connectivity index (χ3n) is 6.43. The molecule has 0 aliphatic rings. The van der Waals surface area contributed by atoms with Crippen LogP contribution in [0.5, 0.6) is 0 Å². The predicted octanol–water partition coefficient (Wildman–Crippen LogP) is -3.12. The third kappa shape index (κ3) is 138. The van der Waals surface area contributed by atoms with Crippen LogP contribution in [-0.2, 0) is 54.3 Å². The number of likely N-dealkylation sites (N-methyl/N-ethyl adjacent to an activating group) is 6. The van der Waals surface area contributed by atoms with Crippen LogP contribution >= 0.6 is 32.8 Å². The number of nitrogens with zero attached hydrogens (tertiary/aromatic N) is 8. The molecule has 0 aromatic rings. The molecule has 2 atom stereocenters. The van der Waals surface area contributed by atoms with Crippen molar-refractivity contribution in [3.8, 4) is 42.6 Å². The van der Waals surface area contributed by atoms with Crippen LogP contribution in [0.15, 0.2) is 0 Å². The first-order chi connectivity index (χ1) is 30.2. The fourth-order valence-corrected chi connectivity index (χ4v) is 7.30. The van der Waals surface area contributed by atoms with Gasteiger partial charge < -0.3 is 63.9 Å². The fourth-order valence-electron chi connectivity index (χ4n) is 3.01. The van der Waals surface area contributed by atoms with Crippen LogP contribution in [-0.4, -0.2) is 244 Å². The Morgan fingerprint density at radius 2 is 0.914 bits per heavy atom. The number of rotatable bonds is 24. The predicted molar refractivity (Wildman–Crippen MR) is 288 cm³/mol. The molecule has 0 rings (SSSR count). The van der Waals surface area contributed by atoms with E-state index in [1.807, 2.05) is 20.8 Å². The molecule has 0 fully saturated rings. The second-order valence-electron chi connectivity index (χ2n) is 15.1. The van der Waals surface area contributed by atoms with Gasteiger partial charge in [-0.1, -0.05) is 31.4 Å². The van der Waals surface area contributed by atoms with Gasteiger partial charge in [-0.2, -0.15) is 13.7 Å². The Morgan fingerprint density at radius 1 is 0.643 bits per heavy atom. The molecule has 0 spiro atoms. The van der Waals surface area contributed by atoms with Crippen LogP contribution in [0.2, 0.25) is 0 Å². The number of halogens is 4. The Balaban J connectivity index is -0.0000000644. The summed E-state index contributed by atoms with van der Waals surface area (Å²) in [5.41, 5.74) is 0. The van der Waals surface area contributed by atoms with Crippen LogP contribution in [0.25, 0.3) is 4.13 Å². The summed E-state index contributed by atoms with van der Waals surface area (Å²) in [6.45, 7) is 21.7. The zero-order chi connectivity index (χ0) is 55.0.